The van der Waals surface area contributed by atoms with Gasteiger partial charge in [-0.2, -0.15) is 0 Å². The number of aliphatic hydroxyl groups is 1. The van der Waals surface area contributed by atoms with Crippen molar-refractivity contribution in [2.24, 2.45) is 11.1 Å². The molecule has 2 atom stereocenters. The number of hydrogen-bond acceptors (Lipinski definition) is 6. The first-order valence-corrected chi connectivity index (χ1v) is 11.0. The summed E-state index contributed by atoms with van der Waals surface area (Å²) >= 11 is 0. The van der Waals surface area contributed by atoms with Crippen LogP contribution in [0.25, 0.3) is 0 Å². The number of Topliss-reactive ketones (excluding diaryl/α,β-unsaturated/α-hetero) is 1. The maximum atomic E-state index is 12.7. The molecule has 0 bridgehead atoms. The zero-order chi connectivity index (χ0) is 21.2. The van der Waals surface area contributed by atoms with E-state index in [1.807, 2.05) is 6.07 Å². The Morgan fingerprint density at radius 3 is 2.72 bits per heavy atom. The van der Waals surface area contributed by atoms with Crippen molar-refractivity contribution in [2.75, 3.05) is 20.2 Å². The van der Waals surface area contributed by atoms with Crippen LogP contribution in [0.1, 0.15) is 39.6 Å². The fourth-order valence-corrected chi connectivity index (χ4v) is 4.48. The molecule has 3 rings (SSSR count). The van der Waals surface area contributed by atoms with E-state index < -0.39 is 16.1 Å². The Labute approximate surface area is 170 Å². The third kappa shape index (κ3) is 4.84. The number of methoxy groups -OCH3 is 1. The molecule has 0 fully saturated rings. The molecular formula is C21H26N2O5S. The molecule has 1 unspecified atom stereocenters. The van der Waals surface area contributed by atoms with Crippen LogP contribution in [0.5, 0.6) is 5.75 Å². The lowest BCUT2D eigenvalue weighted by Gasteiger charge is -2.24. The molecule has 0 spiro atoms. The predicted octanol–water partition coefficient (Wildman–Crippen LogP) is 1.72. The number of aliphatic hydroxyl groups excluding tert-OH is 1. The Balaban J connectivity index is 1.61. The second kappa shape index (κ2) is 8.62. The summed E-state index contributed by atoms with van der Waals surface area (Å²) in [5, 5.41) is 18.8. The Kier molecular flexibility index (Phi) is 6.38. The van der Waals surface area contributed by atoms with Crippen LogP contribution in [-0.4, -0.2) is 39.5 Å². The van der Waals surface area contributed by atoms with Crippen LogP contribution >= 0.6 is 0 Å². The average molecular weight is 419 g/mol. The highest BCUT2D eigenvalue weighted by molar-refractivity contribution is 7.89. The van der Waals surface area contributed by atoms with Crippen molar-refractivity contribution in [1.29, 1.82) is 0 Å². The summed E-state index contributed by atoms with van der Waals surface area (Å²) in [5.74, 6) is 0.664. The Hall–Kier alpha value is -2.26. The number of aryl methyl sites for hydroxylation is 2. The van der Waals surface area contributed by atoms with E-state index in [-0.39, 0.29) is 23.1 Å². The summed E-state index contributed by atoms with van der Waals surface area (Å²) in [5.41, 5.74) is 2.71. The van der Waals surface area contributed by atoms with Crippen molar-refractivity contribution in [1.82, 2.24) is 5.32 Å². The third-order valence-electron chi connectivity index (χ3n) is 5.34. The van der Waals surface area contributed by atoms with E-state index in [1.54, 1.807) is 38.3 Å². The number of sulfonamides is 1. The van der Waals surface area contributed by atoms with Crippen molar-refractivity contribution < 1.29 is 23.1 Å². The largest absolute Gasteiger partial charge is 0.497 e. The van der Waals surface area contributed by atoms with E-state index in [0.717, 1.165) is 29.7 Å². The minimum absolute atomic E-state index is 0.00328. The van der Waals surface area contributed by atoms with Crippen LogP contribution < -0.4 is 15.2 Å². The molecule has 0 aromatic heterocycles. The summed E-state index contributed by atoms with van der Waals surface area (Å²) in [4.78, 5) is 12.7. The van der Waals surface area contributed by atoms with Crippen molar-refractivity contribution in [3.63, 3.8) is 0 Å². The van der Waals surface area contributed by atoms with Gasteiger partial charge in [-0.25, -0.2) is 13.6 Å². The molecule has 0 heterocycles. The molecule has 0 radical (unpaired) electrons. The number of fused-ring (bicyclic) bond motifs is 1. The fourth-order valence-electron chi connectivity index (χ4n) is 3.66. The maximum absolute atomic E-state index is 12.7. The van der Waals surface area contributed by atoms with Gasteiger partial charge in [0.1, 0.15) is 5.75 Å². The number of carbonyl (C=O) groups excluding carboxylic acids is 1. The molecule has 0 saturated heterocycles. The number of rotatable bonds is 7. The zero-order valence-electron chi connectivity index (χ0n) is 16.5. The molecule has 1 aliphatic carbocycles. The van der Waals surface area contributed by atoms with E-state index in [9.17, 15) is 18.3 Å². The summed E-state index contributed by atoms with van der Waals surface area (Å²) in [6, 6.07) is 10.2. The van der Waals surface area contributed by atoms with Gasteiger partial charge in [-0.15, -0.1) is 0 Å². The maximum Gasteiger partial charge on any atom is 0.238 e. The Morgan fingerprint density at radius 1 is 1.28 bits per heavy atom. The van der Waals surface area contributed by atoms with E-state index in [4.69, 9.17) is 9.88 Å². The van der Waals surface area contributed by atoms with Gasteiger partial charge in [0, 0.05) is 24.6 Å². The van der Waals surface area contributed by atoms with Gasteiger partial charge >= 0.3 is 0 Å². The molecule has 29 heavy (non-hydrogen) atoms. The van der Waals surface area contributed by atoms with Gasteiger partial charge in [-0.1, -0.05) is 12.1 Å². The molecule has 0 aliphatic heterocycles. The Morgan fingerprint density at radius 2 is 2.03 bits per heavy atom. The number of nitrogens with one attached hydrogen (secondary N) is 1. The summed E-state index contributed by atoms with van der Waals surface area (Å²) in [6.45, 7) is 2.29. The smallest absolute Gasteiger partial charge is 0.238 e. The van der Waals surface area contributed by atoms with Crippen LogP contribution in [0.4, 0.5) is 0 Å². The minimum Gasteiger partial charge on any atom is -0.497 e. The van der Waals surface area contributed by atoms with Crippen molar-refractivity contribution in [3.8, 4) is 5.75 Å². The van der Waals surface area contributed by atoms with Gasteiger partial charge in [-0.3, -0.25) is 4.79 Å². The lowest BCUT2D eigenvalue weighted by atomic mass is 9.82. The second-order valence-electron chi connectivity index (χ2n) is 7.37. The molecule has 2 aromatic carbocycles. The molecule has 156 valence electrons. The first kappa shape index (κ1) is 21.4. The highest BCUT2D eigenvalue weighted by Gasteiger charge is 2.27. The van der Waals surface area contributed by atoms with Crippen LogP contribution in [-0.2, 0) is 16.4 Å². The molecule has 0 amide bonds. The first-order chi connectivity index (χ1) is 13.7. The lowest BCUT2D eigenvalue weighted by molar-refractivity contribution is 0.0894. The SMILES string of the molecule is COc1ccc2c(c1)CCC(CNC[C@H](O)c1ccc(C)c(S(N)(=O)=O)c1)C2=O. The van der Waals surface area contributed by atoms with E-state index >= 15 is 0 Å². The quantitative estimate of drug-likeness (QED) is 0.630. The van der Waals surface area contributed by atoms with E-state index in [2.05, 4.69) is 5.32 Å². The number of ketones is 1. The topological polar surface area (TPSA) is 119 Å². The number of carbonyl (C=O) groups is 1. The van der Waals surface area contributed by atoms with Gasteiger partial charge in [0.05, 0.1) is 18.1 Å². The van der Waals surface area contributed by atoms with Gasteiger partial charge < -0.3 is 15.2 Å². The highest BCUT2D eigenvalue weighted by Crippen LogP contribution is 2.28. The molecule has 7 nitrogen and oxygen atoms in total. The monoisotopic (exact) mass is 418 g/mol. The molecule has 2 aromatic rings. The van der Waals surface area contributed by atoms with Crippen LogP contribution in [0.15, 0.2) is 41.3 Å². The normalized spacial score (nSPS) is 17.7. The van der Waals surface area contributed by atoms with Gasteiger partial charge in [0.2, 0.25) is 10.0 Å². The fraction of sp³-hybridized carbons (Fsp3) is 0.381. The van der Waals surface area contributed by atoms with Crippen LogP contribution in [0.2, 0.25) is 0 Å². The summed E-state index contributed by atoms with van der Waals surface area (Å²) in [6.07, 6.45) is 0.608. The molecule has 4 N–H and O–H groups in total. The van der Waals surface area contributed by atoms with Gasteiger partial charge in [-0.05, 0) is 60.7 Å². The lowest BCUT2D eigenvalue weighted by Crippen LogP contribution is -2.34. The zero-order valence-corrected chi connectivity index (χ0v) is 17.3. The number of primary sulfonamides is 1. The van der Waals surface area contributed by atoms with Crippen molar-refractivity contribution >= 4 is 15.8 Å². The first-order valence-electron chi connectivity index (χ1n) is 9.44. The van der Waals surface area contributed by atoms with Crippen molar-refractivity contribution in [3.05, 3.63) is 58.7 Å². The molecule has 0 saturated carbocycles. The third-order valence-corrected chi connectivity index (χ3v) is 6.40. The summed E-state index contributed by atoms with van der Waals surface area (Å²) < 4.78 is 28.5. The summed E-state index contributed by atoms with van der Waals surface area (Å²) in [7, 11) is -2.25. The molecule has 1 aliphatic rings. The highest BCUT2D eigenvalue weighted by atomic mass is 32.2. The van der Waals surface area contributed by atoms with Crippen molar-refractivity contribution in [2.45, 2.75) is 30.8 Å². The number of ether oxygens (including phenoxy) is 1. The minimum atomic E-state index is -3.85. The predicted molar refractivity (Wildman–Crippen MR) is 110 cm³/mol. The van der Waals surface area contributed by atoms with Crippen LogP contribution in [0.3, 0.4) is 0 Å². The number of nitrogens with two attached hydrogens (primary N) is 1. The Bertz CT molecular complexity index is 1020. The molecule has 8 heteroatoms. The molecular weight excluding hydrogens is 392 g/mol. The van der Waals surface area contributed by atoms with Gasteiger partial charge in [0.25, 0.3) is 0 Å². The number of hydrogen-bond donors (Lipinski definition) is 3. The van der Waals surface area contributed by atoms with E-state index in [1.165, 1.54) is 6.07 Å². The second-order valence-corrected chi connectivity index (χ2v) is 8.90. The van der Waals surface area contributed by atoms with Crippen LogP contribution in [0, 0.1) is 12.8 Å². The number of benzene rings is 2. The standard InChI is InChI=1S/C21H26N2O5S/c1-13-3-4-15(10-20(13)29(22,26)27)19(24)12-23-11-16-6-5-14-9-17(28-2)7-8-18(14)21(16)25/h3-4,7-10,16,19,23-24H,5-6,11-12H2,1-2H3,(H2,22,26,27)/t16?,19-/m0/s1. The average Bonchev–Trinajstić information content (AvgIpc) is 2.68. The van der Waals surface area contributed by atoms with Gasteiger partial charge in [0.15, 0.2) is 5.78 Å². The van der Waals surface area contributed by atoms with E-state index in [0.29, 0.717) is 17.7 Å².